The highest BCUT2D eigenvalue weighted by Crippen LogP contribution is 2.35. The van der Waals surface area contributed by atoms with E-state index in [4.69, 9.17) is 21.1 Å². The second kappa shape index (κ2) is 7.19. The Balaban J connectivity index is 3.06. The third-order valence-electron chi connectivity index (χ3n) is 3.31. The molecule has 0 aliphatic rings. The summed E-state index contributed by atoms with van der Waals surface area (Å²) >= 11 is 6.16. The Labute approximate surface area is 127 Å². The Bertz CT molecular complexity index is 444. The van der Waals surface area contributed by atoms with Gasteiger partial charge in [0.15, 0.2) is 11.5 Å². The van der Waals surface area contributed by atoms with Crippen molar-refractivity contribution in [1.82, 2.24) is 5.32 Å². The van der Waals surface area contributed by atoms with Crippen molar-refractivity contribution in [3.63, 3.8) is 0 Å². The molecule has 1 aromatic carbocycles. The van der Waals surface area contributed by atoms with Crippen LogP contribution in [0.4, 0.5) is 0 Å². The van der Waals surface area contributed by atoms with Crippen molar-refractivity contribution in [3.05, 3.63) is 22.7 Å². The molecule has 0 aromatic heterocycles. The lowest BCUT2D eigenvalue weighted by molar-refractivity contribution is 0.226. The van der Waals surface area contributed by atoms with Crippen LogP contribution < -0.4 is 14.8 Å². The summed E-state index contributed by atoms with van der Waals surface area (Å²) in [4.78, 5) is 0. The largest absolute Gasteiger partial charge is 0.493 e. The third-order valence-corrected chi connectivity index (χ3v) is 3.53. The molecule has 4 heteroatoms. The van der Waals surface area contributed by atoms with Crippen molar-refractivity contribution in [3.8, 4) is 11.5 Å². The lowest BCUT2D eigenvalue weighted by Gasteiger charge is -2.26. The van der Waals surface area contributed by atoms with Gasteiger partial charge in [0.1, 0.15) is 0 Å². The van der Waals surface area contributed by atoms with E-state index in [1.54, 1.807) is 13.2 Å². The Morgan fingerprint density at radius 1 is 1.30 bits per heavy atom. The van der Waals surface area contributed by atoms with Gasteiger partial charge >= 0.3 is 0 Å². The van der Waals surface area contributed by atoms with Crippen molar-refractivity contribution in [2.24, 2.45) is 0 Å². The molecular formula is C16H26ClNO2. The smallest absolute Gasteiger partial charge is 0.166 e. The monoisotopic (exact) mass is 299 g/mol. The number of hydrogen-bond donors (Lipinski definition) is 1. The summed E-state index contributed by atoms with van der Waals surface area (Å²) in [5.74, 6) is 1.45. The summed E-state index contributed by atoms with van der Waals surface area (Å²) in [7, 11) is 1.63. The van der Waals surface area contributed by atoms with Crippen molar-refractivity contribution >= 4 is 11.6 Å². The topological polar surface area (TPSA) is 30.5 Å². The molecule has 1 rings (SSSR count). The van der Waals surface area contributed by atoms with Crippen molar-refractivity contribution in [2.75, 3.05) is 7.11 Å². The molecule has 0 aliphatic carbocycles. The normalized spacial score (nSPS) is 11.8. The molecule has 0 amide bonds. The SMILES string of the molecule is CCC(C)(C)NCc1cc(Cl)cc(OC)c1OC(C)C. The van der Waals surface area contributed by atoms with E-state index < -0.39 is 0 Å². The van der Waals surface area contributed by atoms with Crippen molar-refractivity contribution in [1.29, 1.82) is 0 Å². The molecule has 0 aliphatic heterocycles. The lowest BCUT2D eigenvalue weighted by Crippen LogP contribution is -2.37. The fourth-order valence-electron chi connectivity index (χ4n) is 1.73. The molecule has 0 fully saturated rings. The van der Waals surface area contributed by atoms with Gasteiger partial charge in [0.2, 0.25) is 0 Å². The Kier molecular flexibility index (Phi) is 6.15. The fraction of sp³-hybridized carbons (Fsp3) is 0.625. The fourth-order valence-corrected chi connectivity index (χ4v) is 1.97. The molecule has 0 saturated carbocycles. The zero-order chi connectivity index (χ0) is 15.3. The summed E-state index contributed by atoms with van der Waals surface area (Å²) in [6.07, 6.45) is 1.13. The highest BCUT2D eigenvalue weighted by molar-refractivity contribution is 6.30. The predicted octanol–water partition coefficient (Wildman–Crippen LogP) is 4.41. The first-order chi connectivity index (χ1) is 9.29. The minimum Gasteiger partial charge on any atom is -0.493 e. The van der Waals surface area contributed by atoms with Crippen LogP contribution in [0.15, 0.2) is 12.1 Å². The molecule has 114 valence electrons. The Morgan fingerprint density at radius 3 is 2.45 bits per heavy atom. The number of hydrogen-bond acceptors (Lipinski definition) is 3. The standard InChI is InChI=1S/C16H26ClNO2/c1-7-16(4,5)18-10-12-8-13(17)9-14(19-6)15(12)20-11(2)3/h8-9,11,18H,7,10H2,1-6H3. The second-order valence-corrected chi connectivity index (χ2v) is 6.29. The van der Waals surface area contributed by atoms with E-state index in [-0.39, 0.29) is 11.6 Å². The van der Waals surface area contributed by atoms with Gasteiger partial charge in [-0.15, -0.1) is 0 Å². The first-order valence-electron chi connectivity index (χ1n) is 7.07. The number of rotatable bonds is 7. The molecule has 0 radical (unpaired) electrons. The van der Waals surface area contributed by atoms with Gasteiger partial charge in [0.05, 0.1) is 13.2 Å². The van der Waals surface area contributed by atoms with Gasteiger partial charge in [-0.25, -0.2) is 0 Å². The first kappa shape index (κ1) is 17.1. The molecule has 0 bridgehead atoms. The molecule has 1 aromatic rings. The van der Waals surface area contributed by atoms with Gasteiger partial charge in [-0.05, 0) is 40.2 Å². The first-order valence-corrected chi connectivity index (χ1v) is 7.45. The van der Waals surface area contributed by atoms with Crippen LogP contribution in [0, 0.1) is 0 Å². The van der Waals surface area contributed by atoms with Gasteiger partial charge in [0.25, 0.3) is 0 Å². The maximum atomic E-state index is 6.16. The lowest BCUT2D eigenvalue weighted by atomic mass is 10.0. The van der Waals surface area contributed by atoms with Crippen LogP contribution >= 0.6 is 11.6 Å². The summed E-state index contributed by atoms with van der Waals surface area (Å²) < 4.78 is 11.3. The van der Waals surface area contributed by atoms with Crippen LogP contribution in [0.5, 0.6) is 11.5 Å². The third kappa shape index (κ3) is 4.88. The highest BCUT2D eigenvalue weighted by atomic mass is 35.5. The van der Waals surface area contributed by atoms with E-state index in [1.165, 1.54) is 0 Å². The number of halogens is 1. The van der Waals surface area contributed by atoms with Gasteiger partial charge in [-0.1, -0.05) is 18.5 Å². The van der Waals surface area contributed by atoms with Crippen LogP contribution in [-0.4, -0.2) is 18.8 Å². The van der Waals surface area contributed by atoms with E-state index >= 15 is 0 Å². The molecule has 20 heavy (non-hydrogen) atoms. The number of benzene rings is 1. The van der Waals surface area contributed by atoms with Crippen LogP contribution in [-0.2, 0) is 6.54 Å². The number of methoxy groups -OCH3 is 1. The average Bonchev–Trinajstić information content (AvgIpc) is 2.38. The zero-order valence-corrected chi connectivity index (χ0v) is 14.1. The molecule has 1 N–H and O–H groups in total. The average molecular weight is 300 g/mol. The molecule has 0 spiro atoms. The maximum Gasteiger partial charge on any atom is 0.166 e. The van der Waals surface area contributed by atoms with E-state index in [0.717, 1.165) is 17.7 Å². The van der Waals surface area contributed by atoms with Gasteiger partial charge in [-0.3, -0.25) is 0 Å². The van der Waals surface area contributed by atoms with E-state index in [2.05, 4.69) is 26.1 Å². The summed E-state index contributed by atoms with van der Waals surface area (Å²) in [6, 6.07) is 3.72. The van der Waals surface area contributed by atoms with E-state index in [9.17, 15) is 0 Å². The van der Waals surface area contributed by atoms with Crippen molar-refractivity contribution < 1.29 is 9.47 Å². The highest BCUT2D eigenvalue weighted by Gasteiger charge is 2.18. The van der Waals surface area contributed by atoms with Crippen LogP contribution in [0.1, 0.15) is 46.6 Å². The van der Waals surface area contributed by atoms with Gasteiger partial charge in [0, 0.05) is 28.7 Å². The molecular weight excluding hydrogens is 274 g/mol. The molecule has 0 unspecified atom stereocenters. The predicted molar refractivity (Wildman–Crippen MR) is 85.0 cm³/mol. The number of ether oxygens (including phenoxy) is 2. The summed E-state index contributed by atoms with van der Waals surface area (Å²) in [6.45, 7) is 11.2. The Hall–Kier alpha value is -0.930. The quantitative estimate of drug-likeness (QED) is 0.809. The minimum absolute atomic E-state index is 0.0741. The Morgan fingerprint density at radius 2 is 1.95 bits per heavy atom. The minimum atomic E-state index is 0.0741. The van der Waals surface area contributed by atoms with Crippen LogP contribution in [0.25, 0.3) is 0 Å². The molecule has 0 saturated heterocycles. The van der Waals surface area contributed by atoms with Crippen LogP contribution in [0.2, 0.25) is 5.02 Å². The van der Waals surface area contributed by atoms with Crippen molar-refractivity contribution in [2.45, 2.75) is 59.2 Å². The van der Waals surface area contributed by atoms with E-state index in [0.29, 0.717) is 17.3 Å². The zero-order valence-electron chi connectivity index (χ0n) is 13.3. The van der Waals surface area contributed by atoms with Gasteiger partial charge in [-0.2, -0.15) is 0 Å². The summed E-state index contributed by atoms with van der Waals surface area (Å²) in [5, 5.41) is 4.18. The second-order valence-electron chi connectivity index (χ2n) is 5.85. The van der Waals surface area contributed by atoms with E-state index in [1.807, 2.05) is 19.9 Å². The maximum absolute atomic E-state index is 6.16. The number of nitrogens with one attached hydrogen (secondary N) is 1. The summed E-state index contributed by atoms with van der Waals surface area (Å²) in [5.41, 5.74) is 1.09. The van der Waals surface area contributed by atoms with Crippen LogP contribution in [0.3, 0.4) is 0 Å². The molecule has 0 heterocycles. The molecule has 3 nitrogen and oxygen atoms in total. The molecule has 0 atom stereocenters. The van der Waals surface area contributed by atoms with Gasteiger partial charge < -0.3 is 14.8 Å².